The summed E-state index contributed by atoms with van der Waals surface area (Å²) in [4.78, 5) is 2.39. The molecule has 1 aliphatic rings. The highest BCUT2D eigenvalue weighted by Gasteiger charge is 2.26. The fourth-order valence-electron chi connectivity index (χ4n) is 3.01. The molecule has 6 heteroatoms. The van der Waals surface area contributed by atoms with Crippen LogP contribution in [0, 0.1) is 5.92 Å². The third kappa shape index (κ3) is 3.40. The highest BCUT2D eigenvalue weighted by atomic mass is 35.5. The van der Waals surface area contributed by atoms with Crippen molar-refractivity contribution in [1.82, 2.24) is 14.7 Å². The van der Waals surface area contributed by atoms with Gasteiger partial charge in [-0.05, 0) is 19.8 Å². The van der Waals surface area contributed by atoms with E-state index in [0.29, 0.717) is 5.92 Å². The zero-order valence-corrected chi connectivity index (χ0v) is 13.9. The Morgan fingerprint density at radius 1 is 1.38 bits per heavy atom. The minimum absolute atomic E-state index is 0.339. The van der Waals surface area contributed by atoms with Crippen LogP contribution in [0.4, 0.5) is 0 Å². The van der Waals surface area contributed by atoms with Gasteiger partial charge in [0.05, 0.1) is 22.1 Å². The molecule has 2 rings (SSSR count). The molecule has 1 aromatic rings. The van der Waals surface area contributed by atoms with Crippen molar-refractivity contribution in [3.05, 3.63) is 16.4 Å². The van der Waals surface area contributed by atoms with Crippen LogP contribution in [-0.2, 0) is 19.5 Å². The molecule has 2 heterocycles. The summed E-state index contributed by atoms with van der Waals surface area (Å²) in [6.07, 6.45) is 2.68. The quantitative estimate of drug-likeness (QED) is 0.671. The van der Waals surface area contributed by atoms with Crippen LogP contribution < -0.4 is 0 Å². The first-order valence-corrected chi connectivity index (χ1v) is 8.19. The van der Waals surface area contributed by atoms with Crippen LogP contribution in [0.5, 0.6) is 0 Å². The van der Waals surface area contributed by atoms with Crippen molar-refractivity contribution in [2.24, 2.45) is 11.1 Å². The van der Waals surface area contributed by atoms with E-state index in [1.54, 1.807) is 0 Å². The molecule has 0 saturated carbocycles. The monoisotopic (exact) mass is 312 g/mol. The van der Waals surface area contributed by atoms with Gasteiger partial charge < -0.3 is 5.21 Å². The molecular weight excluding hydrogens is 288 g/mol. The predicted molar refractivity (Wildman–Crippen MR) is 85.2 cm³/mol. The van der Waals surface area contributed by atoms with Crippen LogP contribution in [0.1, 0.15) is 45.0 Å². The topological polar surface area (TPSA) is 53.7 Å². The van der Waals surface area contributed by atoms with Crippen molar-refractivity contribution in [2.75, 3.05) is 13.1 Å². The standard InChI is InChI=1S/C15H25ClN4O/c1-4-11-9-19(8-7-13(11)18-21)10-14-15(16)12(5-2)17-20(14)6-3/h11,21H,4-10H2,1-3H3. The molecule has 0 bridgehead atoms. The fraction of sp³-hybridized carbons (Fsp3) is 0.733. The van der Waals surface area contributed by atoms with E-state index in [9.17, 15) is 0 Å². The Morgan fingerprint density at radius 3 is 2.71 bits per heavy atom. The van der Waals surface area contributed by atoms with Gasteiger partial charge in [0.25, 0.3) is 0 Å². The fourth-order valence-corrected chi connectivity index (χ4v) is 3.33. The van der Waals surface area contributed by atoms with Crippen LogP contribution in [0.15, 0.2) is 5.16 Å². The molecule has 1 fully saturated rings. The lowest BCUT2D eigenvalue weighted by Gasteiger charge is -2.32. The van der Waals surface area contributed by atoms with Crippen molar-refractivity contribution >= 4 is 17.3 Å². The highest BCUT2D eigenvalue weighted by Crippen LogP contribution is 2.25. The molecule has 0 spiro atoms. The molecular formula is C15H25ClN4O. The minimum Gasteiger partial charge on any atom is -0.411 e. The molecule has 0 aliphatic carbocycles. The molecule has 1 unspecified atom stereocenters. The maximum Gasteiger partial charge on any atom is 0.0863 e. The average Bonchev–Trinajstić information content (AvgIpc) is 2.83. The van der Waals surface area contributed by atoms with Gasteiger partial charge in [-0.25, -0.2) is 0 Å². The lowest BCUT2D eigenvalue weighted by Crippen LogP contribution is -2.40. The second kappa shape index (κ2) is 7.27. The number of hydrogen-bond donors (Lipinski definition) is 1. The van der Waals surface area contributed by atoms with Gasteiger partial charge in [-0.1, -0.05) is 30.6 Å². The zero-order chi connectivity index (χ0) is 15.4. The van der Waals surface area contributed by atoms with Gasteiger partial charge >= 0.3 is 0 Å². The van der Waals surface area contributed by atoms with E-state index in [2.05, 4.69) is 35.9 Å². The second-order valence-corrected chi connectivity index (χ2v) is 5.94. The molecule has 0 aromatic carbocycles. The van der Waals surface area contributed by atoms with Gasteiger partial charge in [0.1, 0.15) is 0 Å². The van der Waals surface area contributed by atoms with Crippen molar-refractivity contribution in [3.8, 4) is 0 Å². The van der Waals surface area contributed by atoms with Crippen LogP contribution in [0.3, 0.4) is 0 Å². The summed E-state index contributed by atoms with van der Waals surface area (Å²) in [5.41, 5.74) is 3.02. The Balaban J connectivity index is 2.14. The van der Waals surface area contributed by atoms with Crippen LogP contribution in [-0.4, -0.2) is 38.7 Å². The summed E-state index contributed by atoms with van der Waals surface area (Å²) in [5, 5.41) is 17.9. The van der Waals surface area contributed by atoms with E-state index >= 15 is 0 Å². The molecule has 21 heavy (non-hydrogen) atoms. The van der Waals surface area contributed by atoms with Gasteiger partial charge in [0.2, 0.25) is 0 Å². The smallest absolute Gasteiger partial charge is 0.0863 e. The Morgan fingerprint density at radius 2 is 2.14 bits per heavy atom. The first-order chi connectivity index (χ1) is 10.1. The van der Waals surface area contributed by atoms with E-state index in [-0.39, 0.29) is 0 Å². The number of piperidine rings is 1. The first kappa shape index (κ1) is 16.3. The number of likely N-dealkylation sites (tertiary alicyclic amines) is 1. The molecule has 0 amide bonds. The summed E-state index contributed by atoms with van der Waals surface area (Å²) < 4.78 is 2.01. The third-order valence-corrected chi connectivity index (χ3v) is 4.76. The molecule has 1 aromatic heterocycles. The summed E-state index contributed by atoms with van der Waals surface area (Å²) in [7, 11) is 0. The lowest BCUT2D eigenvalue weighted by molar-refractivity contribution is 0.215. The number of nitrogens with zero attached hydrogens (tertiary/aromatic N) is 4. The second-order valence-electron chi connectivity index (χ2n) is 5.56. The largest absolute Gasteiger partial charge is 0.411 e. The van der Waals surface area contributed by atoms with Gasteiger partial charge in [-0.2, -0.15) is 5.10 Å². The Kier molecular flexibility index (Phi) is 5.65. The van der Waals surface area contributed by atoms with Crippen molar-refractivity contribution in [3.63, 3.8) is 0 Å². The normalized spacial score (nSPS) is 22.1. The van der Waals surface area contributed by atoms with Gasteiger partial charge in [-0.3, -0.25) is 9.58 Å². The molecule has 1 N–H and O–H groups in total. The lowest BCUT2D eigenvalue weighted by atomic mass is 9.93. The number of aromatic nitrogens is 2. The number of rotatable bonds is 5. The molecule has 1 aliphatic heterocycles. The first-order valence-electron chi connectivity index (χ1n) is 7.81. The van der Waals surface area contributed by atoms with Crippen molar-refractivity contribution in [1.29, 1.82) is 0 Å². The summed E-state index contributed by atoms with van der Waals surface area (Å²) in [5.74, 6) is 0.339. The number of aryl methyl sites for hydroxylation is 2. The van der Waals surface area contributed by atoms with Crippen LogP contribution >= 0.6 is 11.6 Å². The van der Waals surface area contributed by atoms with E-state index in [1.165, 1.54) is 0 Å². The average molecular weight is 313 g/mol. The Bertz CT molecular complexity index is 512. The molecule has 1 saturated heterocycles. The Labute approximate surface area is 131 Å². The van der Waals surface area contributed by atoms with E-state index in [1.807, 2.05) is 4.68 Å². The highest BCUT2D eigenvalue weighted by molar-refractivity contribution is 6.31. The van der Waals surface area contributed by atoms with Crippen LogP contribution in [0.2, 0.25) is 5.02 Å². The van der Waals surface area contributed by atoms with Crippen LogP contribution in [0.25, 0.3) is 0 Å². The molecule has 5 nitrogen and oxygen atoms in total. The van der Waals surface area contributed by atoms with Gasteiger partial charge in [0.15, 0.2) is 0 Å². The third-order valence-electron chi connectivity index (χ3n) is 4.32. The summed E-state index contributed by atoms with van der Waals surface area (Å²) in [6, 6.07) is 0. The maximum absolute atomic E-state index is 9.06. The number of oxime groups is 1. The predicted octanol–water partition coefficient (Wildman–Crippen LogP) is 3.18. The molecule has 118 valence electrons. The zero-order valence-electron chi connectivity index (χ0n) is 13.1. The summed E-state index contributed by atoms with van der Waals surface area (Å²) >= 11 is 6.48. The van der Waals surface area contributed by atoms with Crippen molar-refractivity contribution in [2.45, 2.75) is 53.1 Å². The number of hydrogen-bond acceptors (Lipinski definition) is 4. The number of halogens is 1. The maximum atomic E-state index is 9.06. The van der Waals surface area contributed by atoms with E-state index in [4.69, 9.17) is 16.8 Å². The van der Waals surface area contributed by atoms with Gasteiger partial charge in [-0.15, -0.1) is 0 Å². The SMILES string of the molecule is CCc1nn(CC)c(CN2CCC(=NO)C(CC)C2)c1Cl. The molecule has 1 atom stereocenters. The summed E-state index contributed by atoms with van der Waals surface area (Å²) in [6.45, 7) is 9.78. The van der Waals surface area contributed by atoms with E-state index < -0.39 is 0 Å². The van der Waals surface area contributed by atoms with Gasteiger partial charge in [0, 0.05) is 38.5 Å². The molecule has 0 radical (unpaired) electrons. The van der Waals surface area contributed by atoms with Crippen molar-refractivity contribution < 1.29 is 5.21 Å². The Hall–Kier alpha value is -1.07. The van der Waals surface area contributed by atoms with E-state index in [0.717, 1.165) is 67.6 Å². The minimum atomic E-state index is 0.339.